The molecule has 22 heavy (non-hydrogen) atoms. The van der Waals surface area contributed by atoms with Crippen LogP contribution in [-0.2, 0) is 11.2 Å². The minimum Gasteiger partial charge on any atom is -0.388 e. The standard InChI is InChI=1S/C16H21ClN2O3/c17-13-3-1-2-12-11(13)4-5-14(12)19-15(20)18-10-16(21)6-8-22-9-7-16/h1-3,14,21H,4-10H2,(H2,18,19,20). The summed E-state index contributed by atoms with van der Waals surface area (Å²) in [7, 11) is 0. The van der Waals surface area contributed by atoms with E-state index in [2.05, 4.69) is 10.6 Å². The fraction of sp³-hybridized carbons (Fsp3) is 0.562. The predicted octanol–water partition coefficient (Wildman–Crippen LogP) is 2.17. The van der Waals surface area contributed by atoms with Crippen LogP contribution >= 0.6 is 11.6 Å². The second-order valence-corrected chi connectivity index (χ2v) is 6.47. The van der Waals surface area contributed by atoms with Crippen molar-refractivity contribution in [3.8, 4) is 0 Å². The molecule has 3 rings (SSSR count). The van der Waals surface area contributed by atoms with Crippen LogP contribution < -0.4 is 10.6 Å². The maximum Gasteiger partial charge on any atom is 0.315 e. The van der Waals surface area contributed by atoms with Gasteiger partial charge in [-0.3, -0.25) is 0 Å². The summed E-state index contributed by atoms with van der Waals surface area (Å²) in [5, 5.41) is 16.8. The van der Waals surface area contributed by atoms with E-state index in [4.69, 9.17) is 16.3 Å². The molecule has 1 aromatic rings. The number of nitrogens with one attached hydrogen (secondary N) is 2. The monoisotopic (exact) mass is 324 g/mol. The molecule has 0 bridgehead atoms. The Kier molecular flexibility index (Phi) is 4.57. The Bertz CT molecular complexity index is 558. The van der Waals surface area contributed by atoms with E-state index in [9.17, 15) is 9.90 Å². The molecule has 1 aromatic carbocycles. The highest BCUT2D eigenvalue weighted by Gasteiger charge is 2.31. The number of urea groups is 1. The van der Waals surface area contributed by atoms with E-state index in [0.29, 0.717) is 26.1 Å². The van der Waals surface area contributed by atoms with Gasteiger partial charge in [0.05, 0.1) is 11.6 Å². The predicted molar refractivity (Wildman–Crippen MR) is 84.1 cm³/mol. The van der Waals surface area contributed by atoms with Gasteiger partial charge in [0.25, 0.3) is 0 Å². The first-order chi connectivity index (χ1) is 10.6. The Labute approximate surface area is 135 Å². The van der Waals surface area contributed by atoms with E-state index in [-0.39, 0.29) is 18.6 Å². The largest absolute Gasteiger partial charge is 0.388 e. The van der Waals surface area contributed by atoms with Gasteiger partial charge in [0.15, 0.2) is 0 Å². The molecular weight excluding hydrogens is 304 g/mol. The topological polar surface area (TPSA) is 70.6 Å². The average molecular weight is 325 g/mol. The van der Waals surface area contributed by atoms with Gasteiger partial charge in [0, 0.05) is 37.6 Å². The number of hydrogen-bond acceptors (Lipinski definition) is 3. The van der Waals surface area contributed by atoms with Gasteiger partial charge in [-0.2, -0.15) is 0 Å². The number of amides is 2. The number of ether oxygens (including phenoxy) is 1. The van der Waals surface area contributed by atoms with E-state index >= 15 is 0 Å². The van der Waals surface area contributed by atoms with Crippen LogP contribution in [0.2, 0.25) is 5.02 Å². The van der Waals surface area contributed by atoms with Gasteiger partial charge in [0.1, 0.15) is 0 Å². The second kappa shape index (κ2) is 6.44. The highest BCUT2D eigenvalue weighted by molar-refractivity contribution is 6.31. The Balaban J connectivity index is 1.54. The van der Waals surface area contributed by atoms with Crippen LogP contribution in [0.5, 0.6) is 0 Å². The molecule has 1 heterocycles. The van der Waals surface area contributed by atoms with Crippen molar-refractivity contribution in [3.05, 3.63) is 34.3 Å². The normalized spacial score (nSPS) is 22.9. The maximum absolute atomic E-state index is 12.1. The molecular formula is C16H21ClN2O3. The Hall–Kier alpha value is -1.30. The van der Waals surface area contributed by atoms with E-state index < -0.39 is 5.60 Å². The van der Waals surface area contributed by atoms with Crippen molar-refractivity contribution in [1.29, 1.82) is 0 Å². The lowest BCUT2D eigenvalue weighted by atomic mass is 9.94. The molecule has 1 aliphatic heterocycles. The van der Waals surface area contributed by atoms with Gasteiger partial charge in [-0.25, -0.2) is 4.79 Å². The number of aliphatic hydroxyl groups is 1. The van der Waals surface area contributed by atoms with Crippen molar-refractivity contribution in [2.75, 3.05) is 19.8 Å². The minimum absolute atomic E-state index is 0.0157. The van der Waals surface area contributed by atoms with Crippen molar-refractivity contribution in [2.24, 2.45) is 0 Å². The first kappa shape index (κ1) is 15.6. The molecule has 2 amide bonds. The highest BCUT2D eigenvalue weighted by Crippen LogP contribution is 2.35. The molecule has 3 N–H and O–H groups in total. The van der Waals surface area contributed by atoms with Crippen LogP contribution in [0.25, 0.3) is 0 Å². The molecule has 6 heteroatoms. The minimum atomic E-state index is -0.855. The van der Waals surface area contributed by atoms with Gasteiger partial charge in [0.2, 0.25) is 0 Å². The molecule has 1 unspecified atom stereocenters. The molecule has 1 atom stereocenters. The fourth-order valence-corrected chi connectivity index (χ4v) is 3.42. The lowest BCUT2D eigenvalue weighted by Crippen LogP contribution is -2.49. The van der Waals surface area contributed by atoms with E-state index in [1.54, 1.807) is 0 Å². The average Bonchev–Trinajstić information content (AvgIpc) is 2.91. The Morgan fingerprint density at radius 3 is 2.95 bits per heavy atom. The Morgan fingerprint density at radius 1 is 1.41 bits per heavy atom. The number of fused-ring (bicyclic) bond motifs is 1. The van der Waals surface area contributed by atoms with Crippen molar-refractivity contribution >= 4 is 17.6 Å². The highest BCUT2D eigenvalue weighted by atomic mass is 35.5. The molecule has 1 saturated heterocycles. The number of rotatable bonds is 3. The number of benzene rings is 1. The van der Waals surface area contributed by atoms with Gasteiger partial charge in [-0.05, 0) is 30.0 Å². The molecule has 0 radical (unpaired) electrons. The molecule has 0 spiro atoms. The number of carbonyl (C=O) groups excluding carboxylic acids is 1. The van der Waals surface area contributed by atoms with Crippen molar-refractivity contribution in [1.82, 2.24) is 10.6 Å². The van der Waals surface area contributed by atoms with Crippen LogP contribution in [0, 0.1) is 0 Å². The third kappa shape index (κ3) is 3.37. The summed E-state index contributed by atoms with van der Waals surface area (Å²) < 4.78 is 5.23. The van der Waals surface area contributed by atoms with Crippen LogP contribution in [0.1, 0.15) is 36.4 Å². The smallest absolute Gasteiger partial charge is 0.315 e. The van der Waals surface area contributed by atoms with E-state index in [1.165, 1.54) is 0 Å². The van der Waals surface area contributed by atoms with Crippen molar-refractivity contribution in [2.45, 2.75) is 37.3 Å². The number of carbonyl (C=O) groups is 1. The quantitative estimate of drug-likeness (QED) is 0.798. The fourth-order valence-electron chi connectivity index (χ4n) is 3.14. The van der Waals surface area contributed by atoms with Gasteiger partial charge in [-0.1, -0.05) is 23.7 Å². The molecule has 5 nitrogen and oxygen atoms in total. The molecule has 0 saturated carbocycles. The summed E-state index contributed by atoms with van der Waals surface area (Å²) in [5.74, 6) is 0. The SMILES string of the molecule is O=C(NCC1(O)CCOCC1)NC1CCc2c(Cl)cccc21. The zero-order valence-electron chi connectivity index (χ0n) is 12.4. The van der Waals surface area contributed by atoms with Crippen LogP contribution in [0.4, 0.5) is 4.79 Å². The number of halogens is 1. The van der Waals surface area contributed by atoms with Crippen LogP contribution in [-0.4, -0.2) is 36.5 Å². The lowest BCUT2D eigenvalue weighted by molar-refractivity contribution is -0.0600. The Morgan fingerprint density at radius 2 is 2.18 bits per heavy atom. The number of hydrogen-bond donors (Lipinski definition) is 3. The summed E-state index contributed by atoms with van der Waals surface area (Å²) in [6.07, 6.45) is 2.83. The van der Waals surface area contributed by atoms with Crippen molar-refractivity contribution < 1.29 is 14.6 Å². The van der Waals surface area contributed by atoms with Gasteiger partial charge < -0.3 is 20.5 Å². The molecule has 0 aromatic heterocycles. The molecule has 120 valence electrons. The first-order valence-electron chi connectivity index (χ1n) is 7.69. The van der Waals surface area contributed by atoms with Gasteiger partial charge in [-0.15, -0.1) is 0 Å². The van der Waals surface area contributed by atoms with Gasteiger partial charge >= 0.3 is 6.03 Å². The molecule has 1 fully saturated rings. The first-order valence-corrected chi connectivity index (χ1v) is 8.07. The summed E-state index contributed by atoms with van der Waals surface area (Å²) in [6.45, 7) is 1.32. The zero-order valence-corrected chi connectivity index (χ0v) is 13.2. The lowest BCUT2D eigenvalue weighted by Gasteiger charge is -2.32. The zero-order chi connectivity index (χ0) is 15.6. The van der Waals surface area contributed by atoms with Crippen molar-refractivity contribution in [3.63, 3.8) is 0 Å². The third-order valence-corrected chi connectivity index (χ3v) is 4.87. The van der Waals surface area contributed by atoms with E-state index in [0.717, 1.165) is 29.0 Å². The molecule has 1 aliphatic carbocycles. The second-order valence-electron chi connectivity index (χ2n) is 6.06. The summed E-state index contributed by atoms with van der Waals surface area (Å²) in [5.41, 5.74) is 1.36. The van der Waals surface area contributed by atoms with Crippen LogP contribution in [0.3, 0.4) is 0 Å². The third-order valence-electron chi connectivity index (χ3n) is 4.52. The molecule has 2 aliphatic rings. The summed E-state index contributed by atoms with van der Waals surface area (Å²) >= 11 is 6.18. The van der Waals surface area contributed by atoms with Crippen LogP contribution in [0.15, 0.2) is 18.2 Å². The summed E-state index contributed by atoms with van der Waals surface area (Å²) in [4.78, 5) is 12.1. The summed E-state index contributed by atoms with van der Waals surface area (Å²) in [6, 6.07) is 5.52. The maximum atomic E-state index is 12.1. The van der Waals surface area contributed by atoms with E-state index in [1.807, 2.05) is 18.2 Å².